The molecule has 1 aromatic heterocycles. The van der Waals surface area contributed by atoms with Crippen LogP contribution in [0, 0.1) is 5.92 Å². The van der Waals surface area contributed by atoms with Crippen molar-refractivity contribution < 1.29 is 9.90 Å². The first kappa shape index (κ1) is 12.2. The molecule has 0 spiro atoms. The van der Waals surface area contributed by atoms with Crippen LogP contribution in [0.4, 0.5) is 0 Å². The van der Waals surface area contributed by atoms with Gasteiger partial charge in [0.1, 0.15) is 6.10 Å². The molecule has 1 aliphatic rings. The van der Waals surface area contributed by atoms with Crippen LogP contribution in [-0.2, 0) is 18.3 Å². The lowest BCUT2D eigenvalue weighted by atomic mass is 9.83. The van der Waals surface area contributed by atoms with E-state index < -0.39 is 6.10 Å². The van der Waals surface area contributed by atoms with E-state index in [1.165, 1.54) is 11.2 Å². The fourth-order valence-corrected chi connectivity index (χ4v) is 2.37. The van der Waals surface area contributed by atoms with Gasteiger partial charge >= 0.3 is 0 Å². The van der Waals surface area contributed by atoms with Crippen LogP contribution in [0.5, 0.6) is 0 Å². The van der Waals surface area contributed by atoms with Crippen LogP contribution in [0.2, 0.25) is 0 Å². The van der Waals surface area contributed by atoms with Gasteiger partial charge in [-0.15, -0.1) is 10.2 Å². The highest BCUT2D eigenvalue weighted by molar-refractivity contribution is 5.84. The van der Waals surface area contributed by atoms with Gasteiger partial charge in [0.15, 0.2) is 11.6 Å². The third kappa shape index (κ3) is 3.09. The first-order chi connectivity index (χ1) is 8.16. The van der Waals surface area contributed by atoms with E-state index in [1.807, 2.05) is 0 Å². The SMILES string of the molecule is Cn1nnc(CC(=O)C(O)C2CCCCC2)n1. The number of Topliss-reactive ketones (excluding diaryl/α,β-unsaturated/α-hetero) is 1. The number of rotatable bonds is 4. The highest BCUT2D eigenvalue weighted by Gasteiger charge is 2.28. The van der Waals surface area contributed by atoms with Crippen LogP contribution in [0.3, 0.4) is 0 Å². The molecule has 17 heavy (non-hydrogen) atoms. The van der Waals surface area contributed by atoms with E-state index in [2.05, 4.69) is 15.4 Å². The number of hydrogen-bond acceptors (Lipinski definition) is 5. The lowest BCUT2D eigenvalue weighted by Crippen LogP contribution is -2.32. The summed E-state index contributed by atoms with van der Waals surface area (Å²) >= 11 is 0. The number of ketones is 1. The summed E-state index contributed by atoms with van der Waals surface area (Å²) in [5.41, 5.74) is 0. The van der Waals surface area contributed by atoms with Crippen molar-refractivity contribution >= 4 is 5.78 Å². The molecule has 0 aromatic carbocycles. The molecule has 1 heterocycles. The molecule has 6 nitrogen and oxygen atoms in total. The minimum atomic E-state index is -0.862. The van der Waals surface area contributed by atoms with E-state index in [4.69, 9.17) is 0 Å². The summed E-state index contributed by atoms with van der Waals surface area (Å²) in [4.78, 5) is 13.2. The van der Waals surface area contributed by atoms with Crippen molar-refractivity contribution in [2.24, 2.45) is 13.0 Å². The van der Waals surface area contributed by atoms with Gasteiger partial charge in [-0.25, -0.2) is 0 Å². The summed E-state index contributed by atoms with van der Waals surface area (Å²) in [6.45, 7) is 0. The van der Waals surface area contributed by atoms with Crippen molar-refractivity contribution in [3.05, 3.63) is 5.82 Å². The highest BCUT2D eigenvalue weighted by Crippen LogP contribution is 2.27. The molecule has 1 aliphatic carbocycles. The van der Waals surface area contributed by atoms with E-state index >= 15 is 0 Å². The second-order valence-electron chi connectivity index (χ2n) is 4.68. The number of hydrogen-bond donors (Lipinski definition) is 1. The normalized spacial score (nSPS) is 19.2. The average molecular weight is 238 g/mol. The molecule has 94 valence electrons. The summed E-state index contributed by atoms with van der Waals surface area (Å²) in [6.07, 6.45) is 4.53. The maximum atomic E-state index is 11.9. The molecule has 2 rings (SSSR count). The zero-order chi connectivity index (χ0) is 12.3. The van der Waals surface area contributed by atoms with Crippen molar-refractivity contribution in [1.82, 2.24) is 20.2 Å². The molecule has 0 bridgehead atoms. The summed E-state index contributed by atoms with van der Waals surface area (Å²) < 4.78 is 0. The molecule has 0 saturated heterocycles. The van der Waals surface area contributed by atoms with Gasteiger partial charge in [0.05, 0.1) is 13.5 Å². The Balaban J connectivity index is 1.90. The first-order valence-electron chi connectivity index (χ1n) is 6.10. The van der Waals surface area contributed by atoms with E-state index in [0.717, 1.165) is 25.7 Å². The lowest BCUT2D eigenvalue weighted by Gasteiger charge is -2.25. The Bertz CT molecular complexity index is 385. The van der Waals surface area contributed by atoms with Crippen LogP contribution < -0.4 is 0 Å². The van der Waals surface area contributed by atoms with Gasteiger partial charge in [-0.3, -0.25) is 4.79 Å². The number of aliphatic hydroxyl groups is 1. The fraction of sp³-hybridized carbons (Fsp3) is 0.818. The molecule has 1 N–H and O–H groups in total. The Hall–Kier alpha value is -1.30. The molecule has 1 atom stereocenters. The van der Waals surface area contributed by atoms with Crippen molar-refractivity contribution in [2.45, 2.75) is 44.6 Å². The Kier molecular flexibility index (Phi) is 3.83. The summed E-state index contributed by atoms with van der Waals surface area (Å²) in [5, 5.41) is 21.3. The largest absolute Gasteiger partial charge is 0.385 e. The van der Waals surface area contributed by atoms with Crippen LogP contribution >= 0.6 is 0 Å². The molecular formula is C11H18N4O2. The number of carbonyl (C=O) groups excluding carboxylic acids is 1. The number of nitrogens with zero attached hydrogens (tertiary/aromatic N) is 4. The molecule has 0 amide bonds. The Morgan fingerprint density at radius 3 is 2.76 bits per heavy atom. The van der Waals surface area contributed by atoms with Crippen molar-refractivity contribution in [1.29, 1.82) is 0 Å². The Labute approximate surface area is 100 Å². The summed E-state index contributed by atoms with van der Waals surface area (Å²) in [7, 11) is 1.65. The highest BCUT2D eigenvalue weighted by atomic mass is 16.3. The molecular weight excluding hydrogens is 220 g/mol. The Morgan fingerprint density at radius 1 is 1.47 bits per heavy atom. The smallest absolute Gasteiger partial charge is 0.182 e. The van der Waals surface area contributed by atoms with Crippen molar-refractivity contribution in [2.75, 3.05) is 0 Å². The third-order valence-corrected chi connectivity index (χ3v) is 3.31. The van der Waals surface area contributed by atoms with Crippen molar-refractivity contribution in [3.63, 3.8) is 0 Å². The molecule has 1 saturated carbocycles. The fourth-order valence-electron chi connectivity index (χ4n) is 2.37. The van der Waals surface area contributed by atoms with Crippen LogP contribution in [0.15, 0.2) is 0 Å². The van der Waals surface area contributed by atoms with E-state index in [-0.39, 0.29) is 18.1 Å². The van der Waals surface area contributed by atoms with Gasteiger partial charge in [0.2, 0.25) is 0 Å². The third-order valence-electron chi connectivity index (χ3n) is 3.31. The Morgan fingerprint density at radius 2 is 2.18 bits per heavy atom. The first-order valence-corrected chi connectivity index (χ1v) is 6.10. The number of tetrazole rings is 1. The maximum Gasteiger partial charge on any atom is 0.182 e. The molecule has 0 radical (unpaired) electrons. The summed E-state index contributed by atoms with van der Waals surface area (Å²) in [5.74, 6) is 0.310. The van der Waals surface area contributed by atoms with E-state index in [1.54, 1.807) is 7.05 Å². The maximum absolute atomic E-state index is 11.9. The molecule has 6 heteroatoms. The van der Waals surface area contributed by atoms with Gasteiger partial charge in [-0.1, -0.05) is 19.3 Å². The number of carbonyl (C=O) groups is 1. The topological polar surface area (TPSA) is 80.9 Å². The minimum Gasteiger partial charge on any atom is -0.385 e. The number of aryl methyl sites for hydroxylation is 1. The van der Waals surface area contributed by atoms with Crippen LogP contribution in [0.1, 0.15) is 37.9 Å². The monoisotopic (exact) mass is 238 g/mol. The van der Waals surface area contributed by atoms with Gasteiger partial charge in [-0.2, -0.15) is 4.80 Å². The van der Waals surface area contributed by atoms with Gasteiger partial charge < -0.3 is 5.11 Å². The van der Waals surface area contributed by atoms with Gasteiger partial charge in [0.25, 0.3) is 0 Å². The molecule has 1 fully saturated rings. The van der Waals surface area contributed by atoms with E-state index in [0.29, 0.717) is 5.82 Å². The predicted molar refractivity (Wildman–Crippen MR) is 60.1 cm³/mol. The molecule has 1 unspecified atom stereocenters. The van der Waals surface area contributed by atoms with Crippen molar-refractivity contribution in [3.8, 4) is 0 Å². The second-order valence-corrected chi connectivity index (χ2v) is 4.68. The number of aromatic nitrogens is 4. The number of aliphatic hydroxyl groups excluding tert-OH is 1. The lowest BCUT2D eigenvalue weighted by molar-refractivity contribution is -0.129. The predicted octanol–water partition coefficient (Wildman–Crippen LogP) is 0.263. The quantitative estimate of drug-likeness (QED) is 0.814. The minimum absolute atomic E-state index is 0.0749. The van der Waals surface area contributed by atoms with E-state index in [9.17, 15) is 9.90 Å². The van der Waals surface area contributed by atoms with Gasteiger partial charge in [-0.05, 0) is 24.0 Å². The van der Waals surface area contributed by atoms with Gasteiger partial charge in [0, 0.05) is 0 Å². The summed E-state index contributed by atoms with van der Waals surface area (Å²) in [6, 6.07) is 0. The standard InChI is InChI=1S/C11H18N4O2/c1-15-13-10(12-14-15)7-9(16)11(17)8-5-3-2-4-6-8/h8,11,17H,2-7H2,1H3. The van der Waals surface area contributed by atoms with Crippen LogP contribution in [-0.4, -0.2) is 37.2 Å². The molecule has 0 aliphatic heterocycles. The molecule has 1 aromatic rings. The zero-order valence-electron chi connectivity index (χ0n) is 10.0. The zero-order valence-corrected chi connectivity index (χ0v) is 10.0. The van der Waals surface area contributed by atoms with Crippen LogP contribution in [0.25, 0.3) is 0 Å². The second kappa shape index (κ2) is 5.35. The average Bonchev–Trinajstić information content (AvgIpc) is 2.75.